The molecule has 100 valence electrons. The van der Waals surface area contributed by atoms with Crippen molar-refractivity contribution in [2.24, 2.45) is 0 Å². The zero-order chi connectivity index (χ0) is 18.0. The molecule has 2 heterocycles. The molecular weight excluding hydrogens is 224 g/mol. The number of hydrogen-bond donors (Lipinski definition) is 2. The summed E-state index contributed by atoms with van der Waals surface area (Å²) in [6, 6.07) is 1.97. The summed E-state index contributed by atoms with van der Waals surface area (Å²) in [5.41, 5.74) is 0.427. The Labute approximate surface area is 118 Å². The summed E-state index contributed by atoms with van der Waals surface area (Å²) in [4.78, 5) is 6.35. The van der Waals surface area contributed by atoms with E-state index in [2.05, 4.69) is 15.6 Å². The van der Waals surface area contributed by atoms with Crippen LogP contribution in [0.2, 0.25) is 0 Å². The van der Waals surface area contributed by atoms with Crippen LogP contribution < -0.4 is 15.5 Å². The average molecular weight is 254 g/mol. The Balaban J connectivity index is 2.27. The zero-order valence-electron chi connectivity index (χ0n) is 16.6. The molecule has 0 amide bonds. The quantitative estimate of drug-likeness (QED) is 0.863. The van der Waals surface area contributed by atoms with Crippen molar-refractivity contribution in [3.05, 3.63) is 18.3 Å². The molecule has 0 atom stereocenters. The van der Waals surface area contributed by atoms with Gasteiger partial charge in [0.15, 0.2) is 5.82 Å². The second kappa shape index (κ2) is 6.05. The molecule has 0 aliphatic carbocycles. The molecular formula is C14H24N4. The van der Waals surface area contributed by atoms with Gasteiger partial charge in [-0.15, -0.1) is 0 Å². The van der Waals surface area contributed by atoms with Gasteiger partial charge < -0.3 is 15.5 Å². The van der Waals surface area contributed by atoms with Crippen molar-refractivity contribution >= 4 is 11.5 Å². The van der Waals surface area contributed by atoms with Gasteiger partial charge in [0, 0.05) is 33.6 Å². The number of hydrogen-bond acceptors (Lipinski definition) is 4. The summed E-state index contributed by atoms with van der Waals surface area (Å²) in [5.74, 6) is 0.572. The molecule has 0 unspecified atom stereocenters. The fourth-order valence-corrected chi connectivity index (χ4v) is 2.31. The van der Waals surface area contributed by atoms with Crippen LogP contribution in [0.4, 0.5) is 11.5 Å². The fraction of sp³-hybridized carbons (Fsp3) is 0.643. The van der Waals surface area contributed by atoms with E-state index in [9.17, 15) is 0 Å². The number of piperidine rings is 1. The number of nitrogens with zero attached hydrogens (tertiary/aromatic N) is 2. The second-order valence-corrected chi connectivity index (χ2v) is 4.54. The van der Waals surface area contributed by atoms with Crippen molar-refractivity contribution in [1.29, 1.82) is 0 Å². The van der Waals surface area contributed by atoms with Crippen LogP contribution >= 0.6 is 0 Å². The monoisotopic (exact) mass is 254 g/mol. The molecule has 1 aromatic rings. The van der Waals surface area contributed by atoms with Gasteiger partial charge in [-0.1, -0.05) is 0 Å². The van der Waals surface area contributed by atoms with E-state index in [1.54, 1.807) is 18.3 Å². The molecule has 1 fully saturated rings. The first-order chi connectivity index (χ1) is 11.1. The number of rotatable bonds is 4. The molecule has 0 aromatic carbocycles. The Bertz CT molecular complexity index is 525. The van der Waals surface area contributed by atoms with E-state index >= 15 is 0 Å². The molecule has 2 rings (SSSR count). The van der Waals surface area contributed by atoms with Crippen molar-refractivity contribution < 1.29 is 8.22 Å². The zero-order valence-corrected chi connectivity index (χ0v) is 10.6. The summed E-state index contributed by atoms with van der Waals surface area (Å²) in [6.07, 6.45) is 3.53. The number of nitrogens with one attached hydrogen (secondary N) is 2. The summed E-state index contributed by atoms with van der Waals surface area (Å²) < 4.78 is 45.2. The molecule has 0 spiro atoms. The van der Waals surface area contributed by atoms with Gasteiger partial charge in [-0.05, 0) is 51.8 Å². The minimum absolute atomic E-state index is 0.278. The van der Waals surface area contributed by atoms with Gasteiger partial charge in [-0.25, -0.2) is 4.98 Å². The highest BCUT2D eigenvalue weighted by atomic mass is 15.2. The van der Waals surface area contributed by atoms with Crippen LogP contribution in [-0.4, -0.2) is 37.2 Å². The van der Waals surface area contributed by atoms with E-state index in [1.807, 2.05) is 11.9 Å². The van der Waals surface area contributed by atoms with Gasteiger partial charge in [-0.3, -0.25) is 0 Å². The van der Waals surface area contributed by atoms with Gasteiger partial charge in [0.05, 0.1) is 5.69 Å². The lowest BCUT2D eigenvalue weighted by Gasteiger charge is -2.33. The van der Waals surface area contributed by atoms with E-state index in [1.165, 1.54) is 0 Å². The predicted molar refractivity (Wildman–Crippen MR) is 77.3 cm³/mol. The van der Waals surface area contributed by atoms with Crippen molar-refractivity contribution in [3.63, 3.8) is 0 Å². The van der Waals surface area contributed by atoms with Gasteiger partial charge in [0.25, 0.3) is 0 Å². The summed E-state index contributed by atoms with van der Waals surface area (Å²) >= 11 is 0. The average Bonchev–Trinajstić information content (AvgIpc) is 2.51. The second-order valence-electron chi connectivity index (χ2n) is 4.54. The van der Waals surface area contributed by atoms with E-state index in [-0.39, 0.29) is 6.04 Å². The van der Waals surface area contributed by atoms with Crippen molar-refractivity contribution in [2.75, 3.05) is 30.4 Å². The van der Waals surface area contributed by atoms with Gasteiger partial charge >= 0.3 is 0 Å². The first-order valence-electron chi connectivity index (χ1n) is 9.26. The molecule has 0 radical (unpaired) electrons. The number of anilines is 2. The Morgan fingerprint density at radius 1 is 1.50 bits per heavy atom. The molecule has 0 bridgehead atoms. The lowest BCUT2D eigenvalue weighted by atomic mass is 10.1. The van der Waals surface area contributed by atoms with Crippen LogP contribution in [0.5, 0.6) is 0 Å². The third-order valence-corrected chi connectivity index (χ3v) is 3.28. The maximum atomic E-state index is 7.54. The van der Waals surface area contributed by atoms with E-state index in [0.29, 0.717) is 11.5 Å². The molecule has 1 aliphatic rings. The first kappa shape index (κ1) is 7.34. The molecule has 1 aromatic heterocycles. The molecule has 2 N–H and O–H groups in total. The van der Waals surface area contributed by atoms with E-state index in [0.717, 1.165) is 25.9 Å². The maximum absolute atomic E-state index is 7.54. The third kappa shape index (κ3) is 3.13. The van der Waals surface area contributed by atoms with Crippen molar-refractivity contribution in [2.45, 2.75) is 38.6 Å². The molecule has 1 aliphatic heterocycles. The lowest BCUT2D eigenvalue weighted by molar-refractivity contribution is 0.442. The van der Waals surface area contributed by atoms with Crippen LogP contribution in [0.25, 0.3) is 0 Å². The summed E-state index contributed by atoms with van der Waals surface area (Å²) in [7, 11) is 1.91. The normalized spacial score (nSPS) is 23.2. The van der Waals surface area contributed by atoms with Gasteiger partial charge in [-0.2, -0.15) is 0 Å². The smallest absolute Gasteiger partial charge is 0.151 e. The highest BCUT2D eigenvalue weighted by molar-refractivity contribution is 5.65. The van der Waals surface area contributed by atoms with Crippen molar-refractivity contribution in [1.82, 2.24) is 10.3 Å². The Kier molecular flexibility index (Phi) is 2.46. The topological polar surface area (TPSA) is 40.2 Å². The SMILES string of the molecule is [2H]C([2H])([2H])C(Nc1cccnc1N(C)C1CCNCC1)C([2H])([2H])[2H]. The van der Waals surface area contributed by atoms with Crippen LogP contribution in [0.3, 0.4) is 0 Å². The molecule has 0 saturated carbocycles. The highest BCUT2D eigenvalue weighted by Crippen LogP contribution is 2.26. The standard InChI is InChI=1S/C14H24N4/c1-11(2)17-13-5-4-8-16-14(13)18(3)12-6-9-15-10-7-12/h4-5,8,11-12,15,17H,6-7,9-10H2,1-3H3/i1D3,2D3. The predicted octanol–water partition coefficient (Wildman–Crippen LogP) is 2.09. The molecule has 18 heavy (non-hydrogen) atoms. The molecule has 1 saturated heterocycles. The summed E-state index contributed by atoms with van der Waals surface area (Å²) in [6.45, 7) is -3.47. The Hall–Kier alpha value is -1.29. The first-order valence-corrected chi connectivity index (χ1v) is 6.26. The van der Waals surface area contributed by atoms with Crippen molar-refractivity contribution in [3.8, 4) is 0 Å². The lowest BCUT2D eigenvalue weighted by Crippen LogP contribution is -2.41. The summed E-state index contributed by atoms with van der Waals surface area (Å²) in [5, 5.41) is 6.00. The highest BCUT2D eigenvalue weighted by Gasteiger charge is 2.20. The van der Waals surface area contributed by atoms with Crippen LogP contribution in [-0.2, 0) is 0 Å². The van der Waals surface area contributed by atoms with Crippen LogP contribution in [0.1, 0.15) is 34.8 Å². The largest absolute Gasteiger partial charge is 0.380 e. The fourth-order valence-electron chi connectivity index (χ4n) is 2.31. The Morgan fingerprint density at radius 3 is 3.00 bits per heavy atom. The van der Waals surface area contributed by atoms with E-state index in [4.69, 9.17) is 8.22 Å². The van der Waals surface area contributed by atoms with Gasteiger partial charge in [0.1, 0.15) is 0 Å². The van der Waals surface area contributed by atoms with Gasteiger partial charge in [0.2, 0.25) is 0 Å². The number of pyridine rings is 1. The van der Waals surface area contributed by atoms with E-state index < -0.39 is 19.7 Å². The minimum Gasteiger partial charge on any atom is -0.380 e. The molecule has 4 heteroatoms. The maximum Gasteiger partial charge on any atom is 0.151 e. The molecule has 4 nitrogen and oxygen atoms in total. The van der Waals surface area contributed by atoms with Crippen LogP contribution in [0.15, 0.2) is 18.3 Å². The minimum atomic E-state index is -2.65. The Morgan fingerprint density at radius 2 is 2.28 bits per heavy atom. The number of aromatic nitrogens is 1. The van der Waals surface area contributed by atoms with Crippen LogP contribution in [0, 0.1) is 0 Å². The third-order valence-electron chi connectivity index (χ3n) is 3.28.